The first-order chi connectivity index (χ1) is 15.5. The molecule has 32 heavy (non-hydrogen) atoms. The fraction of sp³-hybridized carbons (Fsp3) is 0.375. The molecule has 2 aromatic rings. The number of para-hydroxylation sites is 1. The molecule has 0 aromatic heterocycles. The lowest BCUT2D eigenvalue weighted by Crippen LogP contribution is -2.48. The molecule has 8 heteroatoms. The van der Waals surface area contributed by atoms with Gasteiger partial charge in [-0.2, -0.15) is 0 Å². The number of benzene rings is 2. The number of amides is 5. The summed E-state index contributed by atoms with van der Waals surface area (Å²) in [5.41, 5.74) is 1.82. The first-order valence-electron chi connectivity index (χ1n) is 10.9. The van der Waals surface area contributed by atoms with Crippen molar-refractivity contribution in [2.75, 3.05) is 32.0 Å². The Balaban J connectivity index is 1.30. The Labute approximate surface area is 189 Å². The molecule has 1 heterocycles. The molecule has 0 radical (unpaired) electrons. The third-order valence-corrected chi connectivity index (χ3v) is 5.41. The highest BCUT2D eigenvalue weighted by atomic mass is 16.2. The summed E-state index contributed by atoms with van der Waals surface area (Å²) in [6.45, 7) is 1.96. The molecule has 1 saturated heterocycles. The predicted octanol–water partition coefficient (Wildman–Crippen LogP) is 3.03. The number of carbonyl (C=O) groups is 3. The van der Waals surface area contributed by atoms with Crippen LogP contribution >= 0.6 is 0 Å². The molecule has 0 atom stereocenters. The van der Waals surface area contributed by atoms with Crippen molar-refractivity contribution in [3.63, 3.8) is 0 Å². The van der Waals surface area contributed by atoms with E-state index in [0.717, 1.165) is 11.3 Å². The number of nitrogens with one attached hydrogen (secondary N) is 3. The van der Waals surface area contributed by atoms with E-state index >= 15 is 0 Å². The van der Waals surface area contributed by atoms with E-state index in [-0.39, 0.29) is 37.0 Å². The van der Waals surface area contributed by atoms with Crippen molar-refractivity contribution in [2.45, 2.75) is 31.8 Å². The van der Waals surface area contributed by atoms with Crippen molar-refractivity contribution < 1.29 is 14.4 Å². The molecule has 8 nitrogen and oxygen atoms in total. The van der Waals surface area contributed by atoms with Crippen LogP contribution in [0.3, 0.4) is 0 Å². The van der Waals surface area contributed by atoms with Crippen LogP contribution < -0.4 is 16.0 Å². The molecule has 1 aliphatic heterocycles. The number of nitrogens with zero attached hydrogens (tertiary/aromatic N) is 2. The van der Waals surface area contributed by atoms with E-state index in [4.69, 9.17) is 0 Å². The Morgan fingerprint density at radius 3 is 2.25 bits per heavy atom. The van der Waals surface area contributed by atoms with Crippen LogP contribution in [0, 0.1) is 0 Å². The Morgan fingerprint density at radius 1 is 0.969 bits per heavy atom. The average Bonchev–Trinajstić information content (AvgIpc) is 2.80. The molecule has 0 spiro atoms. The summed E-state index contributed by atoms with van der Waals surface area (Å²) >= 11 is 0. The zero-order valence-electron chi connectivity index (χ0n) is 18.4. The van der Waals surface area contributed by atoms with Crippen molar-refractivity contribution in [2.24, 2.45) is 0 Å². The zero-order chi connectivity index (χ0) is 22.8. The SMILES string of the molecule is CN(Cc1ccccc1)C(=O)NCCC(=O)NC1CCN(C(=O)Nc2ccccc2)CC1. The van der Waals surface area contributed by atoms with Gasteiger partial charge in [0.15, 0.2) is 0 Å². The van der Waals surface area contributed by atoms with Crippen molar-refractivity contribution in [1.82, 2.24) is 20.4 Å². The van der Waals surface area contributed by atoms with Crippen molar-refractivity contribution in [3.8, 4) is 0 Å². The Bertz CT molecular complexity index is 883. The molecule has 3 N–H and O–H groups in total. The van der Waals surface area contributed by atoms with Gasteiger partial charge in [0.05, 0.1) is 0 Å². The maximum atomic E-state index is 12.4. The number of urea groups is 2. The fourth-order valence-corrected chi connectivity index (χ4v) is 3.60. The Morgan fingerprint density at radius 2 is 1.59 bits per heavy atom. The predicted molar refractivity (Wildman–Crippen MR) is 124 cm³/mol. The summed E-state index contributed by atoms with van der Waals surface area (Å²) in [5, 5.41) is 8.68. The lowest BCUT2D eigenvalue weighted by molar-refractivity contribution is -0.121. The number of piperidine rings is 1. The van der Waals surface area contributed by atoms with Crippen LogP contribution in [-0.4, -0.2) is 60.5 Å². The van der Waals surface area contributed by atoms with E-state index in [1.807, 2.05) is 60.7 Å². The van der Waals surface area contributed by atoms with Gasteiger partial charge in [-0.1, -0.05) is 48.5 Å². The molecule has 2 aromatic carbocycles. The highest BCUT2D eigenvalue weighted by Gasteiger charge is 2.24. The maximum Gasteiger partial charge on any atom is 0.321 e. The summed E-state index contributed by atoms with van der Waals surface area (Å²) in [6.07, 6.45) is 1.64. The molecule has 1 fully saturated rings. The average molecular weight is 438 g/mol. The smallest absolute Gasteiger partial charge is 0.321 e. The third kappa shape index (κ3) is 7.30. The molecule has 0 aliphatic carbocycles. The first kappa shape index (κ1) is 23.1. The van der Waals surface area contributed by atoms with Crippen molar-refractivity contribution in [3.05, 3.63) is 66.2 Å². The second-order valence-corrected chi connectivity index (χ2v) is 7.95. The number of likely N-dealkylation sites (tertiary alicyclic amines) is 1. The Hall–Kier alpha value is -3.55. The van der Waals surface area contributed by atoms with E-state index in [0.29, 0.717) is 32.5 Å². The highest BCUT2D eigenvalue weighted by molar-refractivity contribution is 5.89. The minimum absolute atomic E-state index is 0.0414. The van der Waals surface area contributed by atoms with Crippen LogP contribution in [0.5, 0.6) is 0 Å². The molecule has 1 aliphatic rings. The number of anilines is 1. The summed E-state index contributed by atoms with van der Waals surface area (Å²) in [5.74, 6) is -0.0943. The van der Waals surface area contributed by atoms with Crippen LogP contribution in [0.25, 0.3) is 0 Å². The molecule has 0 unspecified atom stereocenters. The van der Waals surface area contributed by atoms with Crippen LogP contribution in [0.4, 0.5) is 15.3 Å². The molecular weight excluding hydrogens is 406 g/mol. The standard InChI is InChI=1S/C24H31N5O3/c1-28(18-19-8-4-2-5-9-19)23(31)25-15-12-22(30)26-21-13-16-29(17-14-21)24(32)27-20-10-6-3-7-11-20/h2-11,21H,12-18H2,1H3,(H,25,31)(H,26,30)(H,27,32). The van der Waals surface area contributed by atoms with Gasteiger partial charge in [-0.15, -0.1) is 0 Å². The largest absolute Gasteiger partial charge is 0.353 e. The highest BCUT2D eigenvalue weighted by Crippen LogP contribution is 2.13. The number of carbonyl (C=O) groups excluding carboxylic acids is 3. The van der Waals surface area contributed by atoms with E-state index in [1.165, 1.54) is 0 Å². The summed E-state index contributed by atoms with van der Waals surface area (Å²) in [7, 11) is 1.73. The zero-order valence-corrected chi connectivity index (χ0v) is 18.4. The summed E-state index contributed by atoms with van der Waals surface area (Å²) < 4.78 is 0. The van der Waals surface area contributed by atoms with Crippen molar-refractivity contribution >= 4 is 23.7 Å². The monoisotopic (exact) mass is 437 g/mol. The fourth-order valence-electron chi connectivity index (χ4n) is 3.60. The van der Waals surface area contributed by atoms with E-state index < -0.39 is 0 Å². The minimum Gasteiger partial charge on any atom is -0.353 e. The Kier molecular flexibility index (Phi) is 8.48. The lowest BCUT2D eigenvalue weighted by atomic mass is 10.1. The molecule has 0 saturated carbocycles. The number of rotatable bonds is 7. The van der Waals surface area contributed by atoms with Crippen LogP contribution in [-0.2, 0) is 11.3 Å². The van der Waals surface area contributed by atoms with Gasteiger partial charge in [0.2, 0.25) is 5.91 Å². The van der Waals surface area contributed by atoms with Gasteiger partial charge < -0.3 is 25.8 Å². The van der Waals surface area contributed by atoms with Gasteiger partial charge in [0.25, 0.3) is 0 Å². The van der Waals surface area contributed by atoms with Crippen LogP contribution in [0.15, 0.2) is 60.7 Å². The van der Waals surface area contributed by atoms with Crippen LogP contribution in [0.2, 0.25) is 0 Å². The quantitative estimate of drug-likeness (QED) is 0.622. The molecular formula is C24H31N5O3. The van der Waals surface area contributed by atoms with Crippen molar-refractivity contribution in [1.29, 1.82) is 0 Å². The normalized spacial score (nSPS) is 13.8. The second-order valence-electron chi connectivity index (χ2n) is 7.95. The molecule has 0 bridgehead atoms. The van der Waals surface area contributed by atoms with Gasteiger partial charge in [-0.25, -0.2) is 9.59 Å². The first-order valence-corrected chi connectivity index (χ1v) is 10.9. The molecule has 170 valence electrons. The van der Waals surface area contributed by atoms with Gasteiger partial charge in [0, 0.05) is 51.4 Å². The second kappa shape index (κ2) is 11.7. The van der Waals surface area contributed by atoms with Gasteiger partial charge >= 0.3 is 12.1 Å². The summed E-state index contributed by atoms with van der Waals surface area (Å²) in [4.78, 5) is 40.1. The molecule has 3 rings (SSSR count). The summed E-state index contributed by atoms with van der Waals surface area (Å²) in [6, 6.07) is 18.8. The van der Waals surface area contributed by atoms with Crippen LogP contribution in [0.1, 0.15) is 24.8 Å². The van der Waals surface area contributed by atoms with E-state index in [2.05, 4.69) is 16.0 Å². The topological polar surface area (TPSA) is 93.8 Å². The van der Waals surface area contributed by atoms with E-state index in [9.17, 15) is 14.4 Å². The van der Waals surface area contributed by atoms with Gasteiger partial charge in [-0.3, -0.25) is 4.79 Å². The minimum atomic E-state index is -0.209. The number of hydrogen-bond acceptors (Lipinski definition) is 3. The maximum absolute atomic E-state index is 12.4. The molecule has 5 amide bonds. The van der Waals surface area contributed by atoms with E-state index in [1.54, 1.807) is 16.8 Å². The number of hydrogen-bond donors (Lipinski definition) is 3. The lowest BCUT2D eigenvalue weighted by Gasteiger charge is -2.32. The van der Waals surface area contributed by atoms with Gasteiger partial charge in [0.1, 0.15) is 0 Å². The third-order valence-electron chi connectivity index (χ3n) is 5.41. The van der Waals surface area contributed by atoms with Gasteiger partial charge in [-0.05, 0) is 30.5 Å².